The van der Waals surface area contributed by atoms with Crippen molar-refractivity contribution in [2.75, 3.05) is 0 Å². The van der Waals surface area contributed by atoms with Crippen molar-refractivity contribution in [1.29, 1.82) is 0 Å². The van der Waals surface area contributed by atoms with E-state index in [4.69, 9.17) is 54.1 Å². The van der Waals surface area contributed by atoms with Crippen molar-refractivity contribution < 1.29 is 88.3 Å². The van der Waals surface area contributed by atoms with E-state index >= 15 is 0 Å². The summed E-state index contributed by atoms with van der Waals surface area (Å²) in [5.41, 5.74) is -11.9. The number of hydrogen-bond donors (Lipinski definition) is 0. The summed E-state index contributed by atoms with van der Waals surface area (Å²) < 4.78 is 535. The summed E-state index contributed by atoms with van der Waals surface area (Å²) in [4.78, 5) is 0. The fraction of sp³-hybridized carbons (Fsp3) is 0. The third-order valence-electron chi connectivity index (χ3n) is 16.1. The van der Waals surface area contributed by atoms with Crippen molar-refractivity contribution in [3.05, 3.63) is 350 Å². The molecule has 0 bridgehead atoms. The average Bonchev–Trinajstić information content (AvgIpc) is 1.15. The molecule has 0 aliphatic rings. The minimum absolute atomic E-state index is 0.447. The molecule has 19 aromatic carbocycles. The first-order valence-electron chi connectivity index (χ1n) is 58.1. The lowest BCUT2D eigenvalue weighted by molar-refractivity contribution is 0.669. The van der Waals surface area contributed by atoms with Crippen LogP contribution >= 0.6 is 0 Å². The lowest BCUT2D eigenvalue weighted by Gasteiger charge is -2.18. The number of benzene rings is 19. The van der Waals surface area contributed by atoms with E-state index in [0.29, 0.717) is 0 Å². The van der Waals surface area contributed by atoms with Gasteiger partial charge in [0.25, 0.3) is 0 Å². The molecular weight excluding hydrogens is 1190 g/mol. The predicted molar refractivity (Wildman–Crippen MR) is 418 cm³/mol. The minimum Gasteiger partial charge on any atom is -0.456 e. The van der Waals surface area contributed by atoms with Crippen LogP contribution in [-0.4, -0.2) is 0 Å². The van der Waals surface area contributed by atoms with Crippen LogP contribution in [-0.2, 0) is 0 Å². The highest BCUT2D eigenvalue weighted by atomic mass is 16.3. The monoisotopic (exact) mass is 1300 g/mol. The molecule has 2 heterocycles. The summed E-state index contributed by atoms with van der Waals surface area (Å²) >= 11 is 0. The van der Waals surface area contributed by atoms with Crippen LogP contribution in [0.15, 0.2) is 359 Å². The molecule has 2 nitrogen and oxygen atoms in total. The first kappa shape index (κ1) is 22.9. The zero-order chi connectivity index (χ0) is 115. The molecule has 0 aliphatic heterocycles. The molecule has 0 amide bonds. The highest BCUT2D eigenvalue weighted by Crippen LogP contribution is 2.48. The van der Waals surface area contributed by atoms with Gasteiger partial charge >= 0.3 is 0 Å². The summed E-state index contributed by atoms with van der Waals surface area (Å²) in [6.07, 6.45) is 0. The van der Waals surface area contributed by atoms with Gasteiger partial charge in [-0.1, -0.05) is 296 Å². The van der Waals surface area contributed by atoms with E-state index in [1.165, 1.54) is 0 Å². The van der Waals surface area contributed by atoms with Crippen LogP contribution in [0.5, 0.6) is 0 Å². The van der Waals surface area contributed by atoms with E-state index in [9.17, 15) is 34.3 Å². The second kappa shape index (κ2) is 22.4. The SMILES string of the molecule is [2H]c1c([2H])c(-c2c3c([2H])c([2H])c([2H])c([2H])c3c(-c3c([2H])c([2H])c4oc5c([2H])c6c([2H])c([2H])c([2H])c([2H])c6c([2H])c5c4c3[2H])c3c([2H])c([2H])c([2H])c([2H])c23)c([2H])c([2H])c1-c1c([2H])c([2H])c([2H])c2c([2H])c([2H])c([2H])c([2H])c12.[2H]c1c([2H])c(-c2c3c([2H])c([2H])c([2H])c([2H])c3c(-c3c([2H])c([2H])c4oc5c([2H])c6c([2H])c([2H])c([2H])c([2H])c6c([2H])c5c4c3[2H])c3c([2H])c([2H])c([2H])c([2H])c23)c([2H])c([2H])c1-c1c([2H])c([2H])c2c([2H])c([2H])c3c([2H])c([2H])c([2H])c([2H])c3c2c1[2H]. The van der Waals surface area contributed by atoms with Crippen molar-refractivity contribution in [3.8, 4) is 66.8 Å². The molecule has 454 valence electrons. The van der Waals surface area contributed by atoms with Gasteiger partial charge in [0.1, 0.15) is 22.3 Å². The highest BCUT2D eigenvalue weighted by Gasteiger charge is 2.22. The van der Waals surface area contributed by atoms with Crippen molar-refractivity contribution in [2.45, 2.75) is 0 Å². The van der Waals surface area contributed by atoms with Crippen LogP contribution in [0.4, 0.5) is 0 Å². The molecule has 0 unspecified atom stereocenters. The standard InChI is InChI=1S/C50H30O.C46H28O/c1-2-11-36-30-48-46(28-35(36)10-1)45-29-38(25-26-47(45)51-48)50-42-15-7-5-13-40(42)49(41-14-6-8-16-43(41)50)34-22-17-31(18-23-34)37-24-21-33-20-19-32-9-3-4-12-39(32)44(33)27-37;1-2-12-33-28-44-42(26-32(33)11-1)41-27-34(24-25-43(41)47-44)46-39-17-7-5-15-37(39)45(38-16-6-8-18-40(38)46)31-22-20-30(21-23-31)36-19-9-13-29-10-3-4-14-35(29)36/h1-30H;1-28H/i1D,2D,3D,4D,5D,6D,7D,8D,9D,10D,11D,12D,13D,14D,15D,16D,17D,18D,19D,20D,21D,22D,23D,24D,25D,26D,27D,28D,29D,30D;1D,2D,3D,4D,5D,6D,7D,8D,9D,10D,11D,12D,13D,14D,15D,16D,17D,18D,19D,20D,21D,22D,23D,24D,25D,26D,27D,28D. The Labute approximate surface area is 646 Å². The Bertz CT molecular complexity index is 10300. The molecule has 0 aliphatic carbocycles. The van der Waals surface area contributed by atoms with Gasteiger partial charge in [-0.3, -0.25) is 0 Å². The van der Waals surface area contributed by atoms with Gasteiger partial charge < -0.3 is 8.83 Å². The Hall–Kier alpha value is -12.9. The van der Waals surface area contributed by atoms with Gasteiger partial charge in [0, 0.05) is 21.5 Å². The molecule has 0 atom stereocenters. The number of rotatable bonds is 6. The normalized spacial score (nSPS) is 20.2. The molecule has 0 spiro atoms. The van der Waals surface area contributed by atoms with Gasteiger partial charge in [-0.15, -0.1) is 0 Å². The molecule has 0 N–H and O–H groups in total. The third-order valence-corrected chi connectivity index (χ3v) is 16.1. The van der Waals surface area contributed by atoms with E-state index in [-0.39, 0.29) is 0 Å². The fourth-order valence-electron chi connectivity index (χ4n) is 11.9. The summed E-state index contributed by atoms with van der Waals surface area (Å²) in [6.45, 7) is 0. The fourth-order valence-corrected chi connectivity index (χ4v) is 11.9. The van der Waals surface area contributed by atoms with E-state index in [1.807, 2.05) is 0 Å². The van der Waals surface area contributed by atoms with Crippen molar-refractivity contribution in [2.24, 2.45) is 0 Å². The lowest BCUT2D eigenvalue weighted by atomic mass is 9.85. The summed E-state index contributed by atoms with van der Waals surface area (Å²) in [7, 11) is 0. The van der Waals surface area contributed by atoms with E-state index < -0.39 is 558 Å². The smallest absolute Gasteiger partial charge is 0.136 e. The highest BCUT2D eigenvalue weighted by molar-refractivity contribution is 6.25. The Morgan fingerprint density at radius 3 is 0.888 bits per heavy atom. The molecule has 0 fully saturated rings. The molecule has 21 aromatic rings. The maximum atomic E-state index is 9.85. The van der Waals surface area contributed by atoms with E-state index in [1.54, 1.807) is 0 Å². The van der Waals surface area contributed by atoms with Gasteiger partial charge in [0.05, 0.1) is 79.5 Å². The lowest BCUT2D eigenvalue weighted by Crippen LogP contribution is -1.91. The van der Waals surface area contributed by atoms with Gasteiger partial charge in [0.15, 0.2) is 0 Å². The quantitative estimate of drug-likeness (QED) is 0.123. The van der Waals surface area contributed by atoms with Crippen LogP contribution in [0.2, 0.25) is 0 Å². The molecule has 2 heteroatoms. The minimum atomic E-state index is -1.14. The first-order chi connectivity index (χ1) is 72.8. The van der Waals surface area contributed by atoms with Gasteiger partial charge in [-0.05, 0) is 218 Å². The van der Waals surface area contributed by atoms with Crippen molar-refractivity contribution >= 4 is 141 Å². The third kappa shape index (κ3) is 9.03. The van der Waals surface area contributed by atoms with Crippen LogP contribution in [0.1, 0.15) is 79.5 Å². The van der Waals surface area contributed by atoms with Crippen LogP contribution < -0.4 is 0 Å². The summed E-state index contributed by atoms with van der Waals surface area (Å²) in [5.74, 6) is 0. The zero-order valence-corrected chi connectivity index (χ0v) is 48.8. The maximum Gasteiger partial charge on any atom is 0.136 e. The number of furan rings is 2. The molecular formula is C96H58O2. The van der Waals surface area contributed by atoms with E-state index in [0.717, 1.165) is 0 Å². The van der Waals surface area contributed by atoms with Crippen LogP contribution in [0.3, 0.4) is 0 Å². The molecule has 2 aromatic heterocycles. The molecule has 0 saturated heterocycles. The summed E-state index contributed by atoms with van der Waals surface area (Å²) in [5, 5.41) is -13.4. The molecule has 98 heavy (non-hydrogen) atoms. The Balaban J connectivity index is 0.000000188. The van der Waals surface area contributed by atoms with Gasteiger partial charge in [-0.2, -0.15) is 0 Å². The first-order valence-corrected chi connectivity index (χ1v) is 29.1. The largest absolute Gasteiger partial charge is 0.456 e. The molecule has 0 saturated carbocycles. The van der Waals surface area contributed by atoms with Gasteiger partial charge in [-0.25, -0.2) is 0 Å². The average molecular weight is 1300 g/mol. The number of fused-ring (bicyclic) bond motifs is 16. The second-order valence-corrected chi connectivity index (χ2v) is 21.5. The van der Waals surface area contributed by atoms with Crippen LogP contribution in [0.25, 0.3) is 208 Å². The predicted octanol–water partition coefficient (Wildman–Crippen LogP) is 27.6. The topological polar surface area (TPSA) is 26.3 Å². The Morgan fingerprint density at radius 1 is 0.153 bits per heavy atom. The van der Waals surface area contributed by atoms with E-state index in [2.05, 4.69) is 0 Å². The maximum absolute atomic E-state index is 9.85. The van der Waals surface area contributed by atoms with Gasteiger partial charge in [0.2, 0.25) is 0 Å². The van der Waals surface area contributed by atoms with Crippen molar-refractivity contribution in [3.63, 3.8) is 0 Å². The van der Waals surface area contributed by atoms with Crippen LogP contribution in [0, 0.1) is 0 Å². The zero-order valence-electron chi connectivity index (χ0n) is 107. The summed E-state index contributed by atoms with van der Waals surface area (Å²) in [6, 6.07) is -53.0. The molecule has 21 rings (SSSR count). The molecule has 0 radical (unpaired) electrons. The Kier molecular flexibility index (Phi) is 5.24. The van der Waals surface area contributed by atoms with Crippen molar-refractivity contribution in [1.82, 2.24) is 0 Å². The number of hydrogen-bond acceptors (Lipinski definition) is 2. The Morgan fingerprint density at radius 2 is 0.439 bits per heavy atom. The second-order valence-electron chi connectivity index (χ2n) is 21.5.